The summed E-state index contributed by atoms with van der Waals surface area (Å²) in [6, 6.07) is 12.1. The number of benzene rings is 2. The molecule has 0 saturated carbocycles. The Labute approximate surface area is 155 Å². The molecule has 2 aromatic carbocycles. The summed E-state index contributed by atoms with van der Waals surface area (Å²) in [6.45, 7) is 0.375. The van der Waals surface area contributed by atoms with Gasteiger partial charge in [-0.05, 0) is 34.3 Å². The van der Waals surface area contributed by atoms with Gasteiger partial charge in [-0.1, -0.05) is 18.2 Å². The molecule has 136 valence electrons. The minimum Gasteiger partial charge on any atom is -0.497 e. The molecule has 0 amide bonds. The smallest absolute Gasteiger partial charge is 0.491 e. The number of methoxy groups -OCH3 is 1. The van der Waals surface area contributed by atoms with Crippen LogP contribution in [-0.4, -0.2) is 25.0 Å². The standard InChI is InChI=1S/C20H17BO6/c1-25-16-4-5-17-14(9-20(23)27-19(17)10-16)8-15(22)6-12-2-3-13-11-26-21(24)18(13)7-12/h2-5,7,9-10,24H,6,8,11H2,1H3. The Bertz CT molecular complexity index is 1090. The molecule has 0 fully saturated rings. The largest absolute Gasteiger partial charge is 0.497 e. The van der Waals surface area contributed by atoms with Gasteiger partial charge in [0.15, 0.2) is 0 Å². The normalized spacial score (nSPS) is 13.0. The van der Waals surface area contributed by atoms with Crippen molar-refractivity contribution >= 4 is 29.3 Å². The molecule has 0 unspecified atom stereocenters. The zero-order valence-corrected chi connectivity index (χ0v) is 14.7. The van der Waals surface area contributed by atoms with Crippen molar-refractivity contribution in [2.45, 2.75) is 19.4 Å². The summed E-state index contributed by atoms with van der Waals surface area (Å²) in [5, 5.41) is 10.5. The van der Waals surface area contributed by atoms with E-state index >= 15 is 0 Å². The lowest BCUT2D eigenvalue weighted by atomic mass is 9.78. The SMILES string of the molecule is COc1ccc2c(CC(=O)Cc3ccc4c(c3)B(O)OC4)cc(=O)oc2c1. The number of Topliss-reactive ketones (excluding diaryl/α,β-unsaturated/α-hetero) is 1. The molecule has 3 aromatic rings. The van der Waals surface area contributed by atoms with E-state index in [1.807, 2.05) is 12.1 Å². The highest BCUT2D eigenvalue weighted by atomic mass is 16.5. The molecule has 7 heteroatoms. The molecule has 2 heterocycles. The molecular formula is C20H17BO6. The van der Waals surface area contributed by atoms with Crippen molar-refractivity contribution in [1.29, 1.82) is 0 Å². The first-order valence-electron chi connectivity index (χ1n) is 8.57. The molecule has 6 nitrogen and oxygen atoms in total. The van der Waals surface area contributed by atoms with Gasteiger partial charge in [0, 0.05) is 30.4 Å². The summed E-state index contributed by atoms with van der Waals surface area (Å²) >= 11 is 0. The Kier molecular flexibility index (Phi) is 4.55. The molecule has 4 rings (SSSR count). The van der Waals surface area contributed by atoms with Crippen LogP contribution in [0.2, 0.25) is 0 Å². The van der Waals surface area contributed by atoms with Gasteiger partial charge in [0.05, 0.1) is 13.7 Å². The predicted octanol–water partition coefficient (Wildman–Crippen LogP) is 1.37. The first-order valence-corrected chi connectivity index (χ1v) is 8.57. The lowest BCUT2D eigenvalue weighted by molar-refractivity contribution is -0.117. The van der Waals surface area contributed by atoms with E-state index in [-0.39, 0.29) is 18.6 Å². The van der Waals surface area contributed by atoms with Crippen LogP contribution in [0.3, 0.4) is 0 Å². The summed E-state index contributed by atoms with van der Waals surface area (Å²) in [6.07, 6.45) is 0.322. The number of hydrogen-bond acceptors (Lipinski definition) is 6. The second-order valence-electron chi connectivity index (χ2n) is 6.54. The fourth-order valence-corrected chi connectivity index (χ4v) is 3.36. The topological polar surface area (TPSA) is 86.0 Å². The maximum Gasteiger partial charge on any atom is 0.491 e. The van der Waals surface area contributed by atoms with Crippen molar-refractivity contribution in [3.8, 4) is 5.75 Å². The van der Waals surface area contributed by atoms with Gasteiger partial charge in [-0.25, -0.2) is 4.79 Å². The number of hydrogen-bond donors (Lipinski definition) is 1. The second kappa shape index (κ2) is 7.02. The van der Waals surface area contributed by atoms with Crippen molar-refractivity contribution < 1.29 is 23.6 Å². The number of carbonyl (C=O) groups excluding carboxylic acids is 1. The summed E-state index contributed by atoms with van der Waals surface area (Å²) in [7, 11) is 0.596. The van der Waals surface area contributed by atoms with Crippen LogP contribution < -0.4 is 15.8 Å². The quantitative estimate of drug-likeness (QED) is 0.544. The first-order chi connectivity index (χ1) is 13.0. The van der Waals surface area contributed by atoms with Gasteiger partial charge in [0.2, 0.25) is 0 Å². The van der Waals surface area contributed by atoms with Crippen molar-refractivity contribution in [2.75, 3.05) is 7.11 Å². The van der Waals surface area contributed by atoms with Gasteiger partial charge in [-0.15, -0.1) is 0 Å². The molecule has 0 aliphatic carbocycles. The van der Waals surface area contributed by atoms with Crippen LogP contribution in [0.25, 0.3) is 11.0 Å². The Balaban J connectivity index is 1.58. The highest BCUT2D eigenvalue weighted by Gasteiger charge is 2.27. The Morgan fingerprint density at radius 1 is 1.19 bits per heavy atom. The van der Waals surface area contributed by atoms with Gasteiger partial charge in [0.25, 0.3) is 0 Å². The maximum atomic E-state index is 12.6. The monoisotopic (exact) mass is 364 g/mol. The average molecular weight is 364 g/mol. The van der Waals surface area contributed by atoms with Crippen molar-refractivity contribution in [1.82, 2.24) is 0 Å². The summed E-state index contributed by atoms with van der Waals surface area (Å²) < 4.78 is 15.5. The lowest BCUT2D eigenvalue weighted by Gasteiger charge is -2.08. The number of rotatable bonds is 5. The number of carbonyl (C=O) groups is 1. The van der Waals surface area contributed by atoms with E-state index in [2.05, 4.69) is 0 Å². The highest BCUT2D eigenvalue weighted by Crippen LogP contribution is 2.23. The van der Waals surface area contributed by atoms with Crippen LogP contribution in [0.4, 0.5) is 0 Å². The van der Waals surface area contributed by atoms with Gasteiger partial charge >= 0.3 is 12.7 Å². The third-order valence-electron chi connectivity index (χ3n) is 4.70. The molecule has 0 saturated heterocycles. The molecule has 0 radical (unpaired) electrons. The van der Waals surface area contributed by atoms with E-state index in [0.717, 1.165) is 11.1 Å². The fraction of sp³-hybridized carbons (Fsp3) is 0.200. The van der Waals surface area contributed by atoms with E-state index in [9.17, 15) is 14.6 Å². The molecule has 0 atom stereocenters. The molecule has 0 spiro atoms. The first kappa shape index (κ1) is 17.5. The molecular weight excluding hydrogens is 347 g/mol. The highest BCUT2D eigenvalue weighted by molar-refractivity contribution is 6.61. The van der Waals surface area contributed by atoms with Crippen LogP contribution in [0.15, 0.2) is 51.7 Å². The molecule has 1 aliphatic rings. The molecule has 0 bridgehead atoms. The summed E-state index contributed by atoms with van der Waals surface area (Å²) in [4.78, 5) is 24.4. The van der Waals surface area contributed by atoms with Gasteiger partial charge in [-0.3, -0.25) is 4.79 Å². The van der Waals surface area contributed by atoms with E-state index in [0.29, 0.717) is 34.4 Å². The molecule has 1 aromatic heterocycles. The Hall–Kier alpha value is -2.90. The van der Waals surface area contributed by atoms with E-state index in [4.69, 9.17) is 13.8 Å². The number of ether oxygens (including phenoxy) is 1. The van der Waals surface area contributed by atoms with Crippen molar-refractivity contribution in [3.05, 3.63) is 69.6 Å². The zero-order valence-electron chi connectivity index (χ0n) is 14.7. The van der Waals surface area contributed by atoms with Crippen molar-refractivity contribution in [3.63, 3.8) is 0 Å². The zero-order chi connectivity index (χ0) is 19.0. The lowest BCUT2D eigenvalue weighted by Crippen LogP contribution is -2.28. The molecule has 1 aliphatic heterocycles. The summed E-state index contributed by atoms with van der Waals surface area (Å²) in [5.41, 5.74) is 2.95. The van der Waals surface area contributed by atoms with Crippen LogP contribution in [0.5, 0.6) is 5.75 Å². The minimum atomic E-state index is -0.937. The Morgan fingerprint density at radius 3 is 2.85 bits per heavy atom. The van der Waals surface area contributed by atoms with Gasteiger partial charge in [-0.2, -0.15) is 0 Å². The third kappa shape index (κ3) is 3.52. The molecule has 27 heavy (non-hydrogen) atoms. The van der Waals surface area contributed by atoms with Crippen LogP contribution >= 0.6 is 0 Å². The Morgan fingerprint density at radius 2 is 2.04 bits per heavy atom. The van der Waals surface area contributed by atoms with Gasteiger partial charge < -0.3 is 18.8 Å². The number of fused-ring (bicyclic) bond motifs is 2. The minimum absolute atomic E-state index is 0.0360. The fourth-order valence-electron chi connectivity index (χ4n) is 3.36. The predicted molar refractivity (Wildman–Crippen MR) is 100 cm³/mol. The molecule has 1 N–H and O–H groups in total. The average Bonchev–Trinajstić information content (AvgIpc) is 3.01. The van der Waals surface area contributed by atoms with E-state index < -0.39 is 12.7 Å². The number of ketones is 1. The third-order valence-corrected chi connectivity index (χ3v) is 4.70. The second-order valence-corrected chi connectivity index (χ2v) is 6.54. The van der Waals surface area contributed by atoms with E-state index in [1.165, 1.54) is 13.2 Å². The maximum absolute atomic E-state index is 12.6. The van der Waals surface area contributed by atoms with E-state index in [1.54, 1.807) is 24.3 Å². The van der Waals surface area contributed by atoms with Gasteiger partial charge in [0.1, 0.15) is 17.1 Å². The van der Waals surface area contributed by atoms with Crippen LogP contribution in [0.1, 0.15) is 16.7 Å². The van der Waals surface area contributed by atoms with Crippen LogP contribution in [-0.2, 0) is 28.9 Å². The van der Waals surface area contributed by atoms with Crippen molar-refractivity contribution in [2.24, 2.45) is 0 Å². The summed E-state index contributed by atoms with van der Waals surface area (Å²) in [5.74, 6) is 0.541. The van der Waals surface area contributed by atoms with Crippen LogP contribution in [0, 0.1) is 0 Å².